The highest BCUT2D eigenvalue weighted by atomic mass is 16.2. The molecular weight excluding hydrogens is 320 g/mol. The van der Waals surface area contributed by atoms with E-state index in [1.165, 1.54) is 15.5 Å². The van der Waals surface area contributed by atoms with Crippen molar-refractivity contribution in [2.24, 2.45) is 0 Å². The quantitative estimate of drug-likeness (QED) is 0.804. The summed E-state index contributed by atoms with van der Waals surface area (Å²) in [6, 6.07) is 9.26. The number of allylic oxidation sites excluding steroid dienone is 1. The highest BCUT2D eigenvalue weighted by Gasteiger charge is 2.21. The zero-order chi connectivity index (χ0) is 18.6. The summed E-state index contributed by atoms with van der Waals surface area (Å²) in [4.78, 5) is 40.4. The highest BCUT2D eigenvalue weighted by molar-refractivity contribution is 6.03. The maximum atomic E-state index is 12.4. The summed E-state index contributed by atoms with van der Waals surface area (Å²) >= 11 is 0. The summed E-state index contributed by atoms with van der Waals surface area (Å²) < 4.78 is 1.25. The van der Waals surface area contributed by atoms with E-state index in [2.05, 4.69) is 4.98 Å². The molecule has 0 bridgehead atoms. The van der Waals surface area contributed by atoms with Gasteiger partial charge >= 0.3 is 5.69 Å². The van der Waals surface area contributed by atoms with Crippen LogP contribution < -0.4 is 21.9 Å². The standard InChI is InChI=1S/C18H22N4O3/c1-4-21(14(23)10-12(2)3)15-16(19)22(18(25)20-17(15)24)11-13-8-6-5-7-9-13/h5-10H,4,11,19H2,1-3H3,(H,20,24,25). The van der Waals surface area contributed by atoms with Crippen molar-refractivity contribution in [2.45, 2.75) is 27.3 Å². The number of aromatic amines is 1. The number of H-pyrrole nitrogens is 1. The first-order valence-electron chi connectivity index (χ1n) is 7.98. The van der Waals surface area contributed by atoms with Gasteiger partial charge < -0.3 is 10.6 Å². The Kier molecular flexibility index (Phi) is 5.59. The van der Waals surface area contributed by atoms with Crippen molar-refractivity contribution in [3.8, 4) is 0 Å². The van der Waals surface area contributed by atoms with Crippen LogP contribution in [0.3, 0.4) is 0 Å². The molecule has 0 unspecified atom stereocenters. The molecule has 0 aliphatic heterocycles. The molecule has 1 aromatic heterocycles. The molecule has 25 heavy (non-hydrogen) atoms. The topological polar surface area (TPSA) is 101 Å². The van der Waals surface area contributed by atoms with Crippen LogP contribution >= 0.6 is 0 Å². The number of benzene rings is 1. The predicted octanol–water partition coefficient (Wildman–Crippen LogP) is 1.49. The lowest BCUT2D eigenvalue weighted by Crippen LogP contribution is -2.40. The number of nitrogen functional groups attached to an aromatic ring is 1. The van der Waals surface area contributed by atoms with Crippen molar-refractivity contribution >= 4 is 17.4 Å². The Morgan fingerprint density at radius 3 is 2.44 bits per heavy atom. The molecule has 0 aliphatic carbocycles. The minimum absolute atomic E-state index is 0.0134. The summed E-state index contributed by atoms with van der Waals surface area (Å²) in [5.74, 6) is -0.389. The van der Waals surface area contributed by atoms with E-state index < -0.39 is 11.2 Å². The molecule has 7 nitrogen and oxygen atoms in total. The van der Waals surface area contributed by atoms with Gasteiger partial charge in [0, 0.05) is 12.6 Å². The number of anilines is 2. The first kappa shape index (κ1) is 18.3. The molecule has 7 heteroatoms. The van der Waals surface area contributed by atoms with Gasteiger partial charge in [-0.05, 0) is 26.3 Å². The molecule has 0 saturated carbocycles. The van der Waals surface area contributed by atoms with Crippen molar-refractivity contribution in [3.05, 3.63) is 68.4 Å². The minimum atomic E-state index is -0.677. The van der Waals surface area contributed by atoms with Gasteiger partial charge in [0.15, 0.2) is 5.69 Å². The second-order valence-corrected chi connectivity index (χ2v) is 5.87. The van der Waals surface area contributed by atoms with E-state index in [4.69, 9.17) is 5.73 Å². The smallest absolute Gasteiger partial charge is 0.330 e. The number of carbonyl (C=O) groups is 1. The van der Waals surface area contributed by atoms with Crippen molar-refractivity contribution in [3.63, 3.8) is 0 Å². The predicted molar refractivity (Wildman–Crippen MR) is 98.7 cm³/mol. The van der Waals surface area contributed by atoms with E-state index >= 15 is 0 Å². The van der Waals surface area contributed by atoms with Gasteiger partial charge in [0.2, 0.25) is 0 Å². The first-order valence-corrected chi connectivity index (χ1v) is 7.98. The monoisotopic (exact) mass is 342 g/mol. The molecule has 0 atom stereocenters. The third-order valence-electron chi connectivity index (χ3n) is 3.66. The number of aromatic nitrogens is 2. The van der Waals surface area contributed by atoms with E-state index in [0.717, 1.165) is 11.1 Å². The van der Waals surface area contributed by atoms with Crippen LogP contribution in [0.25, 0.3) is 0 Å². The van der Waals surface area contributed by atoms with Crippen molar-refractivity contribution in [1.82, 2.24) is 9.55 Å². The van der Waals surface area contributed by atoms with Crippen LogP contribution in [-0.2, 0) is 11.3 Å². The Balaban J connectivity index is 2.57. The second-order valence-electron chi connectivity index (χ2n) is 5.87. The number of hydrogen-bond donors (Lipinski definition) is 2. The Labute approximate surface area is 145 Å². The zero-order valence-corrected chi connectivity index (χ0v) is 14.6. The number of amides is 1. The lowest BCUT2D eigenvalue weighted by Gasteiger charge is -2.22. The molecule has 1 heterocycles. The highest BCUT2D eigenvalue weighted by Crippen LogP contribution is 2.18. The van der Waals surface area contributed by atoms with Gasteiger partial charge in [-0.2, -0.15) is 0 Å². The first-order chi connectivity index (χ1) is 11.8. The largest absolute Gasteiger partial charge is 0.383 e. The third kappa shape index (κ3) is 4.06. The molecule has 0 saturated heterocycles. The lowest BCUT2D eigenvalue weighted by atomic mass is 10.2. The van der Waals surface area contributed by atoms with Crippen molar-refractivity contribution < 1.29 is 4.79 Å². The molecule has 132 valence electrons. The lowest BCUT2D eigenvalue weighted by molar-refractivity contribution is -0.114. The summed E-state index contributed by atoms with van der Waals surface area (Å²) in [6.45, 7) is 5.76. The van der Waals surface area contributed by atoms with Crippen LogP contribution in [-0.4, -0.2) is 22.0 Å². The fourth-order valence-corrected chi connectivity index (χ4v) is 2.51. The summed E-state index contributed by atoms with van der Waals surface area (Å²) in [5, 5.41) is 0. The molecule has 0 spiro atoms. The van der Waals surface area contributed by atoms with Crippen molar-refractivity contribution in [1.29, 1.82) is 0 Å². The molecule has 3 N–H and O–H groups in total. The van der Waals surface area contributed by atoms with Crippen LogP contribution in [0.15, 0.2) is 51.6 Å². The maximum absolute atomic E-state index is 12.4. The molecule has 1 aromatic carbocycles. The van der Waals surface area contributed by atoms with Gasteiger partial charge in [-0.25, -0.2) is 4.79 Å². The van der Waals surface area contributed by atoms with Gasteiger partial charge in [-0.1, -0.05) is 35.9 Å². The van der Waals surface area contributed by atoms with Gasteiger partial charge in [-0.15, -0.1) is 0 Å². The number of nitrogens with one attached hydrogen (secondary N) is 1. The molecule has 1 amide bonds. The summed E-state index contributed by atoms with van der Waals surface area (Å²) in [5.41, 5.74) is 6.46. The van der Waals surface area contributed by atoms with Gasteiger partial charge in [-0.3, -0.25) is 19.1 Å². The number of hydrogen-bond acceptors (Lipinski definition) is 4. The summed E-state index contributed by atoms with van der Waals surface area (Å²) in [7, 11) is 0. The summed E-state index contributed by atoms with van der Waals surface area (Å²) in [6.07, 6.45) is 1.43. The number of carbonyl (C=O) groups excluding carboxylic acids is 1. The van der Waals surface area contributed by atoms with Gasteiger partial charge in [0.1, 0.15) is 5.82 Å². The number of likely N-dealkylation sites (N-methyl/N-ethyl adjacent to an activating group) is 1. The average molecular weight is 342 g/mol. The van der Waals surface area contributed by atoms with E-state index in [-0.39, 0.29) is 30.5 Å². The van der Waals surface area contributed by atoms with Gasteiger partial charge in [0.25, 0.3) is 11.5 Å². The van der Waals surface area contributed by atoms with E-state index in [0.29, 0.717) is 0 Å². The SMILES string of the molecule is CCN(C(=O)C=C(C)C)c1c(N)n(Cc2ccccc2)c(=O)[nH]c1=O. The normalized spacial score (nSPS) is 10.4. The molecular formula is C18H22N4O3. The Bertz CT molecular complexity index is 906. The molecule has 2 aromatic rings. The Hall–Kier alpha value is -3.09. The van der Waals surface area contributed by atoms with Crippen molar-refractivity contribution in [2.75, 3.05) is 17.2 Å². The molecule has 2 rings (SSSR count). The fraction of sp³-hybridized carbons (Fsp3) is 0.278. The Morgan fingerprint density at radius 1 is 1.24 bits per heavy atom. The molecule has 0 radical (unpaired) electrons. The van der Waals surface area contributed by atoms with Crippen LogP contribution in [0.1, 0.15) is 26.3 Å². The van der Waals surface area contributed by atoms with Crippen LogP contribution in [0, 0.1) is 0 Å². The molecule has 0 aliphatic rings. The van der Waals surface area contributed by atoms with Crippen LogP contribution in [0.4, 0.5) is 11.5 Å². The maximum Gasteiger partial charge on any atom is 0.330 e. The third-order valence-corrected chi connectivity index (χ3v) is 3.66. The Morgan fingerprint density at radius 2 is 1.88 bits per heavy atom. The number of nitrogens with two attached hydrogens (primary N) is 1. The van der Waals surface area contributed by atoms with E-state index in [1.807, 2.05) is 30.3 Å². The number of rotatable bonds is 5. The second kappa shape index (κ2) is 7.65. The van der Waals surface area contributed by atoms with E-state index in [1.54, 1.807) is 20.8 Å². The van der Waals surface area contributed by atoms with Crippen LogP contribution in [0.5, 0.6) is 0 Å². The van der Waals surface area contributed by atoms with Gasteiger partial charge in [0.05, 0.1) is 6.54 Å². The minimum Gasteiger partial charge on any atom is -0.383 e. The zero-order valence-electron chi connectivity index (χ0n) is 14.6. The fourth-order valence-electron chi connectivity index (χ4n) is 2.51. The molecule has 0 fully saturated rings. The van der Waals surface area contributed by atoms with E-state index in [9.17, 15) is 14.4 Å². The number of nitrogens with zero attached hydrogens (tertiary/aromatic N) is 2. The van der Waals surface area contributed by atoms with Crippen LogP contribution in [0.2, 0.25) is 0 Å². The average Bonchev–Trinajstić information content (AvgIpc) is 2.55.